The average Bonchev–Trinajstić information content (AvgIpc) is 3.58. The zero-order valence-corrected chi connectivity index (χ0v) is 23.9. The van der Waals surface area contributed by atoms with Gasteiger partial charge in [0.2, 0.25) is 5.82 Å². The van der Waals surface area contributed by atoms with Crippen LogP contribution in [0, 0.1) is 5.41 Å². The van der Waals surface area contributed by atoms with Crippen molar-refractivity contribution in [2.45, 2.75) is 64.5 Å². The van der Waals surface area contributed by atoms with E-state index in [1.54, 1.807) is 0 Å². The maximum Gasteiger partial charge on any atom is 0.407 e. The Morgan fingerprint density at radius 3 is 2.55 bits per heavy atom. The summed E-state index contributed by atoms with van der Waals surface area (Å²) >= 11 is 6.28. The lowest BCUT2D eigenvalue weighted by Crippen LogP contribution is -2.46. The lowest BCUT2D eigenvalue weighted by molar-refractivity contribution is 0.0352. The van der Waals surface area contributed by atoms with E-state index in [4.69, 9.17) is 16.3 Å². The molecule has 10 nitrogen and oxygen atoms in total. The number of nitrogens with one attached hydrogen (secondary N) is 2. The van der Waals surface area contributed by atoms with Gasteiger partial charge in [-0.3, -0.25) is 4.90 Å². The Labute approximate surface area is 239 Å². The highest BCUT2D eigenvalue weighted by molar-refractivity contribution is 6.30. The smallest absolute Gasteiger partial charge is 0.407 e. The molecule has 1 aromatic heterocycles. The number of hydrogen-bond acceptors (Lipinski definition) is 6. The van der Waals surface area contributed by atoms with Crippen LogP contribution in [-0.2, 0) is 11.2 Å². The summed E-state index contributed by atoms with van der Waals surface area (Å²) in [5, 5.41) is 17.7. The number of halogens is 1. The third kappa shape index (κ3) is 6.55. The van der Waals surface area contributed by atoms with Crippen LogP contribution in [-0.4, -0.2) is 68.9 Å². The third-order valence-electron chi connectivity index (χ3n) is 7.73. The van der Waals surface area contributed by atoms with Crippen molar-refractivity contribution >= 4 is 29.4 Å². The highest BCUT2D eigenvalue weighted by Crippen LogP contribution is 2.42. The van der Waals surface area contributed by atoms with Crippen molar-refractivity contribution in [1.29, 1.82) is 0 Å². The molecule has 1 aliphatic carbocycles. The topological polar surface area (TPSA) is 116 Å². The molecule has 11 heteroatoms. The molecule has 0 bridgehead atoms. The molecule has 1 saturated heterocycles. The summed E-state index contributed by atoms with van der Waals surface area (Å²) in [5.41, 5.74) is 2.22. The van der Waals surface area contributed by atoms with Gasteiger partial charge in [0.1, 0.15) is 0 Å². The standard InChI is InChI=1S/C29H36ClN7O3/c1-28(2,3)31-26(38)40-19-29(18-20-5-4-6-22(30)17-20)13-11-24(12-14-29)37-16-15-36(27(37)39)23-9-7-21(8-10-23)25-32-34-35-33-25/h4-10,17,24H,11-16,18-19H2,1-3H3,(H,31,38)(H,32,33,34,35). The first kappa shape index (κ1) is 27.9. The van der Waals surface area contributed by atoms with Crippen LogP contribution >= 0.6 is 11.6 Å². The van der Waals surface area contributed by atoms with E-state index < -0.39 is 6.09 Å². The molecule has 2 aromatic carbocycles. The summed E-state index contributed by atoms with van der Waals surface area (Å²) in [7, 11) is 0. The number of carbonyl (C=O) groups excluding carboxylic acids is 2. The molecule has 0 unspecified atom stereocenters. The lowest BCUT2D eigenvalue weighted by atomic mass is 9.69. The van der Waals surface area contributed by atoms with Gasteiger partial charge in [0.15, 0.2) is 0 Å². The monoisotopic (exact) mass is 565 g/mol. The number of tetrazole rings is 1. The number of nitrogens with zero attached hydrogens (tertiary/aromatic N) is 5. The van der Waals surface area contributed by atoms with E-state index in [0.29, 0.717) is 30.5 Å². The minimum absolute atomic E-state index is 0.0282. The molecular weight excluding hydrogens is 530 g/mol. The van der Waals surface area contributed by atoms with Crippen molar-refractivity contribution < 1.29 is 14.3 Å². The Hall–Kier alpha value is -3.66. The Morgan fingerprint density at radius 1 is 1.15 bits per heavy atom. The van der Waals surface area contributed by atoms with Gasteiger partial charge in [0.25, 0.3) is 0 Å². The van der Waals surface area contributed by atoms with Crippen LogP contribution in [0.15, 0.2) is 48.5 Å². The summed E-state index contributed by atoms with van der Waals surface area (Å²) in [4.78, 5) is 29.8. The van der Waals surface area contributed by atoms with Gasteiger partial charge in [-0.05, 0) is 100 Å². The second-order valence-electron chi connectivity index (χ2n) is 11.9. The predicted molar refractivity (Wildman–Crippen MR) is 153 cm³/mol. The van der Waals surface area contributed by atoms with Gasteiger partial charge in [-0.25, -0.2) is 9.59 Å². The molecule has 0 radical (unpaired) electrons. The molecule has 2 fully saturated rings. The molecule has 40 heavy (non-hydrogen) atoms. The molecule has 2 heterocycles. The van der Waals surface area contributed by atoms with Crippen molar-refractivity contribution in [3.05, 3.63) is 59.1 Å². The van der Waals surface area contributed by atoms with Gasteiger partial charge >= 0.3 is 12.1 Å². The molecule has 0 spiro atoms. The van der Waals surface area contributed by atoms with Crippen molar-refractivity contribution in [1.82, 2.24) is 30.8 Å². The minimum atomic E-state index is -0.407. The van der Waals surface area contributed by atoms with Gasteiger partial charge in [-0.2, -0.15) is 5.21 Å². The van der Waals surface area contributed by atoms with E-state index in [2.05, 4.69) is 32.0 Å². The maximum atomic E-state index is 13.5. The van der Waals surface area contributed by atoms with Crippen molar-refractivity contribution in [2.75, 3.05) is 24.6 Å². The van der Waals surface area contributed by atoms with Crippen molar-refractivity contribution in [3.63, 3.8) is 0 Å². The fraction of sp³-hybridized carbons (Fsp3) is 0.483. The molecule has 1 aliphatic heterocycles. The number of aromatic nitrogens is 4. The van der Waals surface area contributed by atoms with E-state index in [0.717, 1.165) is 48.9 Å². The quantitative estimate of drug-likeness (QED) is 0.393. The van der Waals surface area contributed by atoms with Crippen LogP contribution in [0.3, 0.4) is 0 Å². The van der Waals surface area contributed by atoms with E-state index in [-0.39, 0.29) is 23.0 Å². The average molecular weight is 566 g/mol. The molecule has 3 aromatic rings. The number of ether oxygens (including phenoxy) is 1. The Balaban J connectivity index is 1.24. The molecule has 2 aliphatic rings. The number of aromatic amines is 1. The number of anilines is 1. The zero-order valence-electron chi connectivity index (χ0n) is 23.2. The fourth-order valence-corrected chi connectivity index (χ4v) is 5.96. The van der Waals surface area contributed by atoms with Gasteiger partial charge in [-0.15, -0.1) is 10.2 Å². The first-order valence-electron chi connectivity index (χ1n) is 13.7. The van der Waals surface area contributed by atoms with Crippen LogP contribution < -0.4 is 10.2 Å². The largest absolute Gasteiger partial charge is 0.449 e. The van der Waals surface area contributed by atoms with Crippen molar-refractivity contribution in [2.24, 2.45) is 5.41 Å². The molecule has 1 saturated carbocycles. The Kier molecular flexibility index (Phi) is 7.98. The van der Waals surface area contributed by atoms with Crippen molar-refractivity contribution in [3.8, 4) is 11.4 Å². The van der Waals surface area contributed by atoms with E-state index in [1.165, 1.54) is 0 Å². The summed E-state index contributed by atoms with van der Waals surface area (Å²) in [5.74, 6) is 0.518. The Bertz CT molecular complexity index is 1320. The SMILES string of the molecule is CC(C)(C)NC(=O)OCC1(Cc2cccc(Cl)c2)CCC(N2CCN(c3ccc(-c4nn[nH]n4)cc3)C2=O)CC1. The molecule has 5 rings (SSSR count). The second kappa shape index (κ2) is 11.4. The first-order chi connectivity index (χ1) is 19.1. The molecule has 0 atom stereocenters. The molecule has 212 valence electrons. The molecular formula is C29H36ClN7O3. The number of benzene rings is 2. The van der Waals surface area contributed by atoms with Gasteiger partial charge in [0.05, 0.1) is 6.61 Å². The van der Waals surface area contributed by atoms with E-state index in [1.807, 2.05) is 73.0 Å². The number of rotatable bonds is 7. The van der Waals surface area contributed by atoms with Crippen LogP contribution in [0.25, 0.3) is 11.4 Å². The van der Waals surface area contributed by atoms with E-state index >= 15 is 0 Å². The van der Waals surface area contributed by atoms with E-state index in [9.17, 15) is 9.59 Å². The second-order valence-corrected chi connectivity index (χ2v) is 12.3. The minimum Gasteiger partial charge on any atom is -0.449 e. The number of H-pyrrole nitrogens is 1. The summed E-state index contributed by atoms with van der Waals surface area (Å²) < 4.78 is 5.77. The van der Waals surface area contributed by atoms with Crippen LogP contribution in [0.1, 0.15) is 52.0 Å². The Morgan fingerprint density at radius 2 is 1.90 bits per heavy atom. The highest BCUT2D eigenvalue weighted by Gasteiger charge is 2.42. The zero-order chi connectivity index (χ0) is 28.3. The summed E-state index contributed by atoms with van der Waals surface area (Å²) in [6.45, 7) is 7.43. The normalized spacial score (nSPS) is 21.5. The number of amides is 3. The number of hydrogen-bond donors (Lipinski definition) is 2. The summed E-state index contributed by atoms with van der Waals surface area (Å²) in [6, 6.07) is 15.7. The molecule has 2 N–H and O–H groups in total. The van der Waals surface area contributed by atoms with Gasteiger partial charge in [0, 0.05) is 46.4 Å². The van der Waals surface area contributed by atoms with Crippen LogP contribution in [0.2, 0.25) is 5.02 Å². The van der Waals surface area contributed by atoms with Crippen LogP contribution in [0.5, 0.6) is 0 Å². The number of alkyl carbamates (subject to hydrolysis) is 1. The van der Waals surface area contributed by atoms with Gasteiger partial charge in [-0.1, -0.05) is 23.7 Å². The molecule has 3 amide bonds. The number of urea groups is 1. The fourth-order valence-electron chi connectivity index (χ4n) is 5.75. The first-order valence-corrected chi connectivity index (χ1v) is 14.1. The predicted octanol–water partition coefficient (Wildman–Crippen LogP) is 5.46. The highest BCUT2D eigenvalue weighted by atomic mass is 35.5. The maximum absolute atomic E-state index is 13.5. The van der Waals surface area contributed by atoms with Crippen LogP contribution in [0.4, 0.5) is 15.3 Å². The number of carbonyl (C=O) groups is 2. The van der Waals surface area contributed by atoms with Gasteiger partial charge < -0.3 is 15.0 Å². The summed E-state index contributed by atoms with van der Waals surface area (Å²) in [6.07, 6.45) is 3.74. The third-order valence-corrected chi connectivity index (χ3v) is 7.97. The lowest BCUT2D eigenvalue weighted by Gasteiger charge is -2.42.